The zero-order chi connectivity index (χ0) is 19.2. The van der Waals surface area contributed by atoms with Gasteiger partial charge >= 0.3 is 6.61 Å². The van der Waals surface area contributed by atoms with Crippen molar-refractivity contribution in [1.29, 1.82) is 0 Å². The highest BCUT2D eigenvalue weighted by atomic mass is 35.5. The normalized spacial score (nSPS) is 10.7. The third-order valence-corrected chi connectivity index (χ3v) is 3.79. The first kappa shape index (κ1) is 18.7. The van der Waals surface area contributed by atoms with Gasteiger partial charge in [-0.3, -0.25) is 4.79 Å². The third-order valence-electron chi connectivity index (χ3n) is 3.50. The van der Waals surface area contributed by atoms with Gasteiger partial charge in [-0.25, -0.2) is 0 Å². The molecule has 27 heavy (non-hydrogen) atoms. The average molecular weight is 394 g/mol. The van der Waals surface area contributed by atoms with Crippen LogP contribution in [-0.4, -0.2) is 12.5 Å². The first-order valence-electron chi connectivity index (χ1n) is 7.83. The average Bonchev–Trinajstić information content (AvgIpc) is 3.11. The largest absolute Gasteiger partial charge is 0.489 e. The molecule has 0 aliphatic carbocycles. The molecule has 0 unspecified atom stereocenters. The number of anilines is 1. The molecule has 1 aromatic heterocycles. The summed E-state index contributed by atoms with van der Waals surface area (Å²) in [4.78, 5) is 12.4. The van der Waals surface area contributed by atoms with Crippen LogP contribution in [0.1, 0.15) is 16.1 Å². The monoisotopic (exact) mass is 393 g/mol. The zero-order valence-electron chi connectivity index (χ0n) is 13.8. The molecule has 1 amide bonds. The molecule has 1 heterocycles. The maximum absolute atomic E-state index is 12.4. The van der Waals surface area contributed by atoms with Crippen molar-refractivity contribution >= 4 is 23.2 Å². The number of para-hydroxylation sites is 1. The first-order valence-corrected chi connectivity index (χ1v) is 8.20. The number of benzene rings is 2. The Labute approximate surface area is 158 Å². The van der Waals surface area contributed by atoms with Crippen LogP contribution in [0.15, 0.2) is 65.3 Å². The number of furan rings is 1. The second-order valence-corrected chi connectivity index (χ2v) is 5.76. The van der Waals surface area contributed by atoms with Crippen LogP contribution in [0.2, 0.25) is 5.02 Å². The van der Waals surface area contributed by atoms with E-state index in [9.17, 15) is 13.6 Å². The van der Waals surface area contributed by atoms with E-state index in [1.807, 2.05) is 18.2 Å². The summed E-state index contributed by atoms with van der Waals surface area (Å²) in [6.07, 6.45) is 1.38. The molecule has 5 nitrogen and oxygen atoms in total. The molecule has 0 aliphatic heterocycles. The molecule has 0 radical (unpaired) electrons. The SMILES string of the molecule is O=C(Nc1ccc(OC(F)F)c(Cl)c1)c1occc1COc1ccccc1. The highest BCUT2D eigenvalue weighted by Gasteiger charge is 2.17. The summed E-state index contributed by atoms with van der Waals surface area (Å²) >= 11 is 5.88. The number of halogens is 3. The van der Waals surface area contributed by atoms with Crippen molar-refractivity contribution in [3.8, 4) is 11.5 Å². The maximum atomic E-state index is 12.4. The van der Waals surface area contributed by atoms with Gasteiger partial charge in [-0.05, 0) is 36.4 Å². The van der Waals surface area contributed by atoms with E-state index in [1.54, 1.807) is 18.2 Å². The van der Waals surface area contributed by atoms with Gasteiger partial charge in [0.25, 0.3) is 5.91 Å². The van der Waals surface area contributed by atoms with Crippen LogP contribution in [0, 0.1) is 0 Å². The van der Waals surface area contributed by atoms with Gasteiger partial charge in [0.15, 0.2) is 5.76 Å². The van der Waals surface area contributed by atoms with Crippen LogP contribution in [-0.2, 0) is 6.61 Å². The van der Waals surface area contributed by atoms with E-state index in [0.29, 0.717) is 17.0 Å². The zero-order valence-corrected chi connectivity index (χ0v) is 14.6. The van der Waals surface area contributed by atoms with Gasteiger partial charge in [0, 0.05) is 11.3 Å². The first-order chi connectivity index (χ1) is 13.0. The molecule has 0 saturated heterocycles. The van der Waals surface area contributed by atoms with Gasteiger partial charge in [-0.1, -0.05) is 29.8 Å². The maximum Gasteiger partial charge on any atom is 0.387 e. The molecule has 3 aromatic rings. The molecule has 1 N–H and O–H groups in total. The Morgan fingerprint density at radius 1 is 1.15 bits per heavy atom. The summed E-state index contributed by atoms with van der Waals surface area (Å²) in [5, 5.41) is 2.53. The topological polar surface area (TPSA) is 60.7 Å². The van der Waals surface area contributed by atoms with Crippen LogP contribution in [0.25, 0.3) is 0 Å². The number of carbonyl (C=O) groups excluding carboxylic acids is 1. The quantitative estimate of drug-likeness (QED) is 0.586. The molecule has 0 spiro atoms. The summed E-state index contributed by atoms with van der Waals surface area (Å²) in [7, 11) is 0. The van der Waals surface area contributed by atoms with Crippen LogP contribution in [0.4, 0.5) is 14.5 Å². The predicted octanol–water partition coefficient (Wildman–Crippen LogP) is 5.37. The molecule has 8 heteroatoms. The standard InChI is InChI=1S/C19H14ClF2NO4/c20-15-10-13(6-7-16(15)27-19(21)22)23-18(24)17-12(8-9-25-17)11-26-14-4-2-1-3-5-14/h1-10,19H,11H2,(H,23,24). The van der Waals surface area contributed by atoms with Crippen LogP contribution in [0.3, 0.4) is 0 Å². The van der Waals surface area contributed by atoms with Gasteiger partial charge in [-0.2, -0.15) is 8.78 Å². The fourth-order valence-electron chi connectivity index (χ4n) is 2.28. The Kier molecular flexibility index (Phi) is 5.93. The number of ether oxygens (including phenoxy) is 2. The summed E-state index contributed by atoms with van der Waals surface area (Å²) in [5.74, 6) is 0.0336. The third kappa shape index (κ3) is 4.98. The molecule has 0 fully saturated rings. The van der Waals surface area contributed by atoms with Gasteiger partial charge in [0.2, 0.25) is 0 Å². The number of rotatable bonds is 7. The van der Waals surface area contributed by atoms with Crippen molar-refractivity contribution in [2.24, 2.45) is 0 Å². The van der Waals surface area contributed by atoms with Crippen LogP contribution in [0.5, 0.6) is 11.5 Å². The molecule has 0 saturated carbocycles. The number of amides is 1. The van der Waals surface area contributed by atoms with E-state index in [0.717, 1.165) is 0 Å². The molecule has 0 atom stereocenters. The number of alkyl halides is 2. The van der Waals surface area contributed by atoms with Gasteiger partial charge in [-0.15, -0.1) is 0 Å². The fraction of sp³-hybridized carbons (Fsp3) is 0.105. The van der Waals surface area contributed by atoms with Crippen molar-refractivity contribution < 1.29 is 27.5 Å². The summed E-state index contributed by atoms with van der Waals surface area (Å²) in [6, 6.07) is 14.7. The summed E-state index contributed by atoms with van der Waals surface area (Å²) in [5.41, 5.74) is 0.859. The summed E-state index contributed by atoms with van der Waals surface area (Å²) < 4.78 is 39.6. The minimum absolute atomic E-state index is 0.0554. The smallest absolute Gasteiger partial charge is 0.387 e. The van der Waals surface area contributed by atoms with E-state index in [2.05, 4.69) is 10.1 Å². The lowest BCUT2D eigenvalue weighted by atomic mass is 10.2. The van der Waals surface area contributed by atoms with Gasteiger partial charge in [0.1, 0.15) is 18.1 Å². The summed E-state index contributed by atoms with van der Waals surface area (Å²) in [6.45, 7) is -2.84. The molecule has 3 rings (SSSR count). The lowest BCUT2D eigenvalue weighted by molar-refractivity contribution is -0.0497. The molecule has 0 aliphatic rings. The Hall–Kier alpha value is -3.06. The van der Waals surface area contributed by atoms with E-state index < -0.39 is 12.5 Å². The van der Waals surface area contributed by atoms with Crippen molar-refractivity contribution in [1.82, 2.24) is 0 Å². The molecule has 140 valence electrons. The van der Waals surface area contributed by atoms with E-state index in [1.165, 1.54) is 24.5 Å². The van der Waals surface area contributed by atoms with Crippen molar-refractivity contribution in [3.63, 3.8) is 0 Å². The predicted molar refractivity (Wildman–Crippen MR) is 95.5 cm³/mol. The lowest BCUT2D eigenvalue weighted by Crippen LogP contribution is -2.14. The number of hydrogen-bond donors (Lipinski definition) is 1. The molecule has 2 aromatic carbocycles. The van der Waals surface area contributed by atoms with Gasteiger partial charge in [0.05, 0.1) is 11.3 Å². The minimum Gasteiger partial charge on any atom is -0.489 e. The highest BCUT2D eigenvalue weighted by Crippen LogP contribution is 2.29. The van der Waals surface area contributed by atoms with E-state index in [4.69, 9.17) is 20.8 Å². The van der Waals surface area contributed by atoms with E-state index in [-0.39, 0.29) is 23.1 Å². The number of carbonyl (C=O) groups is 1. The Balaban J connectivity index is 1.66. The van der Waals surface area contributed by atoms with Crippen LogP contribution < -0.4 is 14.8 Å². The Morgan fingerprint density at radius 3 is 2.63 bits per heavy atom. The lowest BCUT2D eigenvalue weighted by Gasteiger charge is -2.10. The molecular weight excluding hydrogens is 380 g/mol. The van der Waals surface area contributed by atoms with Crippen molar-refractivity contribution in [3.05, 3.63) is 77.2 Å². The van der Waals surface area contributed by atoms with Gasteiger partial charge < -0.3 is 19.2 Å². The molecular formula is C19H14ClF2NO4. The Bertz CT molecular complexity index is 915. The molecule has 0 bridgehead atoms. The minimum atomic E-state index is -2.99. The number of nitrogens with one attached hydrogen (secondary N) is 1. The van der Waals surface area contributed by atoms with Crippen molar-refractivity contribution in [2.75, 3.05) is 5.32 Å². The van der Waals surface area contributed by atoms with Crippen LogP contribution >= 0.6 is 11.6 Å². The number of hydrogen-bond acceptors (Lipinski definition) is 4. The fourth-order valence-corrected chi connectivity index (χ4v) is 2.51. The second-order valence-electron chi connectivity index (χ2n) is 5.35. The Morgan fingerprint density at radius 2 is 1.93 bits per heavy atom. The van der Waals surface area contributed by atoms with Crippen molar-refractivity contribution in [2.45, 2.75) is 13.2 Å². The second kappa shape index (κ2) is 8.55. The van der Waals surface area contributed by atoms with E-state index >= 15 is 0 Å². The highest BCUT2D eigenvalue weighted by molar-refractivity contribution is 6.32.